The van der Waals surface area contributed by atoms with Crippen molar-refractivity contribution < 1.29 is 17.9 Å². The Balaban J connectivity index is 1.53. The van der Waals surface area contributed by atoms with Gasteiger partial charge in [0.1, 0.15) is 16.0 Å². The molecule has 5 rings (SSSR count). The molecule has 12 heteroatoms. The monoisotopic (exact) mass is 576 g/mol. The molecule has 0 bridgehead atoms. The lowest BCUT2D eigenvalue weighted by Gasteiger charge is -2.35. The number of thiophene rings is 1. The Morgan fingerprint density at radius 2 is 2.05 bits per heavy atom. The van der Waals surface area contributed by atoms with Gasteiger partial charge in [0.2, 0.25) is 5.91 Å². The fraction of sp³-hybridized carbons (Fsp3) is 0.320. The molecule has 194 valence electrons. The van der Waals surface area contributed by atoms with Crippen LogP contribution in [0.4, 0.5) is 5.13 Å². The highest BCUT2D eigenvalue weighted by Gasteiger charge is 2.41. The summed E-state index contributed by atoms with van der Waals surface area (Å²) >= 11 is 8.40. The Hall–Kier alpha value is -2.57. The number of carbonyl (C=O) groups excluding carboxylic acids is 1. The van der Waals surface area contributed by atoms with Crippen molar-refractivity contribution >= 4 is 65.6 Å². The van der Waals surface area contributed by atoms with E-state index in [0.29, 0.717) is 34.6 Å². The average molecular weight is 577 g/mol. The minimum absolute atomic E-state index is 0.136. The van der Waals surface area contributed by atoms with Gasteiger partial charge in [-0.25, -0.2) is 13.4 Å². The van der Waals surface area contributed by atoms with Crippen molar-refractivity contribution in [3.05, 3.63) is 64.8 Å². The zero-order chi connectivity index (χ0) is 26.0. The van der Waals surface area contributed by atoms with Crippen molar-refractivity contribution in [1.82, 2.24) is 14.3 Å². The summed E-state index contributed by atoms with van der Waals surface area (Å²) in [7, 11) is -3.89. The Morgan fingerprint density at radius 1 is 1.19 bits per heavy atom. The third kappa shape index (κ3) is 5.51. The fourth-order valence-electron chi connectivity index (χ4n) is 4.33. The van der Waals surface area contributed by atoms with Gasteiger partial charge in [0.15, 0.2) is 5.13 Å². The van der Waals surface area contributed by atoms with Crippen LogP contribution in [-0.4, -0.2) is 47.8 Å². The highest BCUT2D eigenvalue weighted by molar-refractivity contribution is 7.91. The van der Waals surface area contributed by atoms with E-state index in [4.69, 9.17) is 21.3 Å². The number of benzene rings is 1. The standard InChI is InChI=1S/C25H25ClN4O4S3/c1-2-34-18-9-10-19-21(15-18)35-25(28-19)29(16-17-7-3-5-13-27-17)24(31)20-8-4-6-14-30(20)37(32,33)23-12-11-22(26)36-23/h3,5,7,9-13,15,20H,2,4,6,8,14,16H2,1H3. The van der Waals surface area contributed by atoms with Crippen LogP contribution in [0.2, 0.25) is 4.34 Å². The first-order chi connectivity index (χ1) is 17.9. The second-order valence-corrected chi connectivity index (χ2v) is 13.3. The van der Waals surface area contributed by atoms with Crippen molar-refractivity contribution in [2.75, 3.05) is 18.1 Å². The van der Waals surface area contributed by atoms with Crippen LogP contribution in [0.3, 0.4) is 0 Å². The molecule has 3 aromatic heterocycles. The number of hydrogen-bond donors (Lipinski definition) is 0. The third-order valence-electron chi connectivity index (χ3n) is 6.05. The molecular weight excluding hydrogens is 552 g/mol. The Bertz CT molecular complexity index is 1510. The van der Waals surface area contributed by atoms with Gasteiger partial charge in [-0.05, 0) is 62.2 Å². The van der Waals surface area contributed by atoms with Gasteiger partial charge in [0, 0.05) is 12.7 Å². The van der Waals surface area contributed by atoms with Gasteiger partial charge in [-0.15, -0.1) is 11.3 Å². The Morgan fingerprint density at radius 3 is 2.78 bits per heavy atom. The zero-order valence-corrected chi connectivity index (χ0v) is 23.2. The van der Waals surface area contributed by atoms with Crippen LogP contribution in [0.1, 0.15) is 31.9 Å². The van der Waals surface area contributed by atoms with Gasteiger partial charge in [0.05, 0.1) is 33.4 Å². The summed E-state index contributed by atoms with van der Waals surface area (Å²) in [6.07, 6.45) is 3.53. The lowest BCUT2D eigenvalue weighted by atomic mass is 10.0. The first-order valence-electron chi connectivity index (χ1n) is 11.9. The molecule has 1 amide bonds. The molecule has 1 aromatic carbocycles. The first kappa shape index (κ1) is 26.1. The molecule has 0 N–H and O–H groups in total. The number of pyridine rings is 1. The Labute approximate surface area is 228 Å². The summed E-state index contributed by atoms with van der Waals surface area (Å²) in [5, 5.41) is 0.487. The van der Waals surface area contributed by atoms with E-state index in [1.54, 1.807) is 17.2 Å². The molecule has 1 aliphatic rings. The summed E-state index contributed by atoms with van der Waals surface area (Å²) in [4.78, 5) is 24.8. The van der Waals surface area contributed by atoms with Crippen LogP contribution in [0.5, 0.6) is 5.75 Å². The Kier molecular flexibility index (Phi) is 7.77. The molecule has 0 spiro atoms. The second kappa shape index (κ2) is 11.0. The molecule has 37 heavy (non-hydrogen) atoms. The van der Waals surface area contributed by atoms with E-state index >= 15 is 0 Å². The molecule has 0 saturated carbocycles. The SMILES string of the molecule is CCOc1ccc2nc(N(Cc3ccccn3)C(=O)C3CCCCN3S(=O)(=O)c3ccc(Cl)s3)sc2c1. The summed E-state index contributed by atoms with van der Waals surface area (Å²) in [6, 6.07) is 13.3. The molecular formula is C25H25ClN4O4S3. The number of sulfonamides is 1. The summed E-state index contributed by atoms with van der Waals surface area (Å²) in [6.45, 7) is 2.91. The summed E-state index contributed by atoms with van der Waals surface area (Å²) in [5.74, 6) is 0.410. The smallest absolute Gasteiger partial charge is 0.253 e. The van der Waals surface area contributed by atoms with Crippen molar-refractivity contribution in [1.29, 1.82) is 0 Å². The van der Waals surface area contributed by atoms with Crippen molar-refractivity contribution in [3.63, 3.8) is 0 Å². The molecule has 1 fully saturated rings. The van der Waals surface area contributed by atoms with E-state index in [2.05, 4.69) is 4.98 Å². The normalized spacial score (nSPS) is 16.6. The lowest BCUT2D eigenvalue weighted by Crippen LogP contribution is -2.52. The number of carbonyl (C=O) groups is 1. The zero-order valence-electron chi connectivity index (χ0n) is 20.0. The topological polar surface area (TPSA) is 92.7 Å². The number of amides is 1. The minimum Gasteiger partial charge on any atom is -0.494 e. The van der Waals surface area contributed by atoms with Crippen LogP contribution in [0.15, 0.2) is 58.9 Å². The predicted octanol–water partition coefficient (Wildman–Crippen LogP) is 5.58. The number of aromatic nitrogens is 2. The van der Waals surface area contributed by atoms with Crippen LogP contribution in [-0.2, 0) is 21.4 Å². The lowest BCUT2D eigenvalue weighted by molar-refractivity contribution is -0.123. The van der Waals surface area contributed by atoms with E-state index in [1.165, 1.54) is 21.7 Å². The number of piperidine rings is 1. The van der Waals surface area contributed by atoms with Crippen molar-refractivity contribution in [2.24, 2.45) is 0 Å². The largest absolute Gasteiger partial charge is 0.494 e. The molecule has 4 heterocycles. The van der Waals surface area contributed by atoms with Gasteiger partial charge in [-0.1, -0.05) is 35.4 Å². The number of nitrogens with zero attached hydrogens (tertiary/aromatic N) is 4. The molecule has 1 saturated heterocycles. The third-order valence-corrected chi connectivity index (χ3v) is 10.7. The number of anilines is 1. The highest BCUT2D eigenvalue weighted by Crippen LogP contribution is 2.36. The van der Waals surface area contributed by atoms with Crippen LogP contribution >= 0.6 is 34.3 Å². The first-order valence-corrected chi connectivity index (χ1v) is 15.3. The number of thiazole rings is 1. The van der Waals surface area contributed by atoms with E-state index in [-0.39, 0.29) is 23.2 Å². The van der Waals surface area contributed by atoms with E-state index in [9.17, 15) is 13.2 Å². The van der Waals surface area contributed by atoms with Gasteiger partial charge < -0.3 is 4.74 Å². The van der Waals surface area contributed by atoms with Crippen molar-refractivity contribution in [2.45, 2.75) is 43.0 Å². The number of fused-ring (bicyclic) bond motifs is 1. The molecule has 1 atom stereocenters. The van der Waals surface area contributed by atoms with Crippen LogP contribution in [0.25, 0.3) is 10.2 Å². The number of halogens is 1. The van der Waals surface area contributed by atoms with Gasteiger partial charge in [0.25, 0.3) is 10.0 Å². The van der Waals surface area contributed by atoms with Crippen LogP contribution < -0.4 is 9.64 Å². The predicted molar refractivity (Wildman–Crippen MR) is 147 cm³/mol. The highest BCUT2D eigenvalue weighted by atomic mass is 35.5. The molecule has 8 nitrogen and oxygen atoms in total. The second-order valence-electron chi connectivity index (χ2n) is 8.49. The molecule has 1 aliphatic heterocycles. The van der Waals surface area contributed by atoms with E-state index in [0.717, 1.165) is 33.7 Å². The number of rotatable bonds is 8. The van der Waals surface area contributed by atoms with Gasteiger partial charge in [-0.2, -0.15) is 4.31 Å². The van der Waals surface area contributed by atoms with Gasteiger partial charge >= 0.3 is 0 Å². The summed E-state index contributed by atoms with van der Waals surface area (Å²) < 4.78 is 35.4. The minimum atomic E-state index is -3.89. The van der Waals surface area contributed by atoms with E-state index < -0.39 is 16.1 Å². The maximum atomic E-state index is 14.2. The van der Waals surface area contributed by atoms with Crippen molar-refractivity contribution in [3.8, 4) is 5.75 Å². The quantitative estimate of drug-likeness (QED) is 0.272. The summed E-state index contributed by atoms with van der Waals surface area (Å²) in [5.41, 5.74) is 1.42. The molecule has 1 unspecified atom stereocenters. The maximum absolute atomic E-state index is 14.2. The fourth-order valence-corrected chi connectivity index (χ4v) is 8.59. The molecule has 0 aliphatic carbocycles. The maximum Gasteiger partial charge on any atom is 0.253 e. The molecule has 4 aromatic rings. The van der Waals surface area contributed by atoms with Gasteiger partial charge in [-0.3, -0.25) is 14.7 Å². The van der Waals surface area contributed by atoms with Crippen LogP contribution in [0, 0.1) is 0 Å². The average Bonchev–Trinajstić information content (AvgIpc) is 3.54. The number of hydrogen-bond acceptors (Lipinski definition) is 8. The van der Waals surface area contributed by atoms with E-state index in [1.807, 2.05) is 43.3 Å². The molecule has 0 radical (unpaired) electrons. The number of ether oxygens (including phenoxy) is 1.